The Balaban J connectivity index is 1.64. The Kier molecular flexibility index (Phi) is 7.68. The third kappa shape index (κ3) is 7.36. The number of hydrogen-bond acceptors (Lipinski definition) is 5. The van der Waals surface area contributed by atoms with Gasteiger partial charge in [0.05, 0.1) is 11.9 Å². The molecule has 3 aromatic rings. The molecule has 172 valence electrons. The van der Waals surface area contributed by atoms with Gasteiger partial charge >= 0.3 is 0 Å². The molecular formula is C24H25N3O5S. The molecule has 0 aliphatic heterocycles. The van der Waals surface area contributed by atoms with Crippen molar-refractivity contribution >= 4 is 38.9 Å². The van der Waals surface area contributed by atoms with Gasteiger partial charge in [0.25, 0.3) is 0 Å². The van der Waals surface area contributed by atoms with Crippen LogP contribution in [0.3, 0.4) is 0 Å². The number of nitrogens with zero attached hydrogens (tertiary/aromatic N) is 1. The number of ether oxygens (including phenoxy) is 1. The fourth-order valence-corrected chi connectivity index (χ4v) is 3.88. The number of carbonyl (C=O) groups excluding carboxylic acids is 2. The van der Waals surface area contributed by atoms with E-state index in [2.05, 4.69) is 10.6 Å². The number of hydrogen-bond donors (Lipinski definition) is 2. The molecule has 9 heteroatoms. The number of amides is 2. The topological polar surface area (TPSA) is 105 Å². The summed E-state index contributed by atoms with van der Waals surface area (Å²) in [5, 5.41) is 5.29. The maximum atomic E-state index is 12.5. The number of nitrogens with one attached hydrogen (secondary N) is 2. The summed E-state index contributed by atoms with van der Waals surface area (Å²) in [6, 6.07) is 22.7. The highest BCUT2D eigenvalue weighted by atomic mass is 32.2. The number of anilines is 3. The van der Waals surface area contributed by atoms with Gasteiger partial charge in [-0.25, -0.2) is 8.42 Å². The van der Waals surface area contributed by atoms with E-state index < -0.39 is 22.5 Å². The summed E-state index contributed by atoms with van der Waals surface area (Å²) in [7, 11) is -3.71. The molecule has 0 aromatic heterocycles. The normalized spacial score (nSPS) is 10.8. The highest BCUT2D eigenvalue weighted by Crippen LogP contribution is 2.22. The molecule has 33 heavy (non-hydrogen) atoms. The molecule has 0 atom stereocenters. The molecule has 0 unspecified atom stereocenters. The first-order valence-corrected chi connectivity index (χ1v) is 12.0. The van der Waals surface area contributed by atoms with Crippen molar-refractivity contribution in [3.8, 4) is 5.75 Å². The van der Waals surface area contributed by atoms with Crippen molar-refractivity contribution in [1.29, 1.82) is 0 Å². The summed E-state index contributed by atoms with van der Waals surface area (Å²) < 4.78 is 31.4. The minimum Gasteiger partial charge on any atom is -0.489 e. The largest absolute Gasteiger partial charge is 0.489 e. The Morgan fingerprint density at radius 3 is 1.97 bits per heavy atom. The standard InChI is InChI=1S/C24H25N3O5S/c1-18(28)25-20-8-10-21(11-9-20)26-24(29)16-27(33(2,30)31)22-12-14-23(15-13-22)32-17-19-6-4-3-5-7-19/h3-15H,16-17H2,1-2H3,(H,25,28)(H,26,29). The monoisotopic (exact) mass is 467 g/mol. The van der Waals surface area contributed by atoms with Crippen molar-refractivity contribution in [3.63, 3.8) is 0 Å². The van der Waals surface area contributed by atoms with E-state index in [0.717, 1.165) is 16.1 Å². The Bertz CT molecular complexity index is 1200. The first-order valence-electron chi connectivity index (χ1n) is 10.1. The molecular weight excluding hydrogens is 442 g/mol. The Morgan fingerprint density at radius 2 is 1.42 bits per heavy atom. The molecule has 0 spiro atoms. The Hall–Kier alpha value is -3.85. The highest BCUT2D eigenvalue weighted by Gasteiger charge is 2.21. The molecule has 2 N–H and O–H groups in total. The smallest absolute Gasteiger partial charge is 0.245 e. The zero-order chi connectivity index (χ0) is 23.8. The lowest BCUT2D eigenvalue weighted by atomic mass is 10.2. The van der Waals surface area contributed by atoms with Gasteiger partial charge in [-0.1, -0.05) is 30.3 Å². The van der Waals surface area contributed by atoms with Gasteiger partial charge in [0.1, 0.15) is 18.9 Å². The number of sulfonamides is 1. The molecule has 0 fully saturated rings. The zero-order valence-corrected chi connectivity index (χ0v) is 19.1. The van der Waals surface area contributed by atoms with Gasteiger partial charge in [-0.15, -0.1) is 0 Å². The lowest BCUT2D eigenvalue weighted by Crippen LogP contribution is -2.37. The maximum Gasteiger partial charge on any atom is 0.245 e. The summed E-state index contributed by atoms with van der Waals surface area (Å²) in [4.78, 5) is 23.6. The van der Waals surface area contributed by atoms with E-state index in [1.165, 1.54) is 6.92 Å². The molecule has 3 aromatic carbocycles. The van der Waals surface area contributed by atoms with Gasteiger partial charge in [0, 0.05) is 18.3 Å². The summed E-state index contributed by atoms with van der Waals surface area (Å²) in [5.41, 5.74) is 2.43. The summed E-state index contributed by atoms with van der Waals surface area (Å²) in [5.74, 6) is -0.121. The van der Waals surface area contributed by atoms with Crippen LogP contribution in [0.4, 0.5) is 17.1 Å². The maximum absolute atomic E-state index is 12.5. The molecule has 0 bridgehead atoms. The molecule has 0 saturated heterocycles. The zero-order valence-electron chi connectivity index (χ0n) is 18.3. The van der Waals surface area contributed by atoms with E-state index in [0.29, 0.717) is 29.4 Å². The number of rotatable bonds is 9. The lowest BCUT2D eigenvalue weighted by Gasteiger charge is -2.22. The predicted molar refractivity (Wildman–Crippen MR) is 129 cm³/mol. The van der Waals surface area contributed by atoms with Gasteiger partial charge in [-0.3, -0.25) is 13.9 Å². The minimum atomic E-state index is -3.71. The first kappa shape index (κ1) is 23.8. The molecule has 0 heterocycles. The van der Waals surface area contributed by atoms with Crippen molar-refractivity contribution < 1.29 is 22.7 Å². The Morgan fingerprint density at radius 1 is 0.848 bits per heavy atom. The van der Waals surface area contributed by atoms with E-state index in [1.807, 2.05) is 30.3 Å². The fourth-order valence-electron chi connectivity index (χ4n) is 3.02. The van der Waals surface area contributed by atoms with Crippen molar-refractivity contribution in [1.82, 2.24) is 0 Å². The van der Waals surface area contributed by atoms with Gasteiger partial charge < -0.3 is 15.4 Å². The predicted octanol–water partition coefficient (Wildman–Crippen LogP) is 3.63. The van der Waals surface area contributed by atoms with Gasteiger partial charge in [0.15, 0.2) is 0 Å². The van der Waals surface area contributed by atoms with Crippen LogP contribution in [0, 0.1) is 0 Å². The van der Waals surface area contributed by atoms with Crippen LogP contribution >= 0.6 is 0 Å². The fraction of sp³-hybridized carbons (Fsp3) is 0.167. The highest BCUT2D eigenvalue weighted by molar-refractivity contribution is 7.92. The molecule has 8 nitrogen and oxygen atoms in total. The number of carbonyl (C=O) groups is 2. The van der Waals surface area contributed by atoms with Crippen LogP contribution in [0.5, 0.6) is 5.75 Å². The van der Waals surface area contributed by atoms with Crippen LogP contribution in [-0.2, 0) is 26.2 Å². The van der Waals surface area contributed by atoms with Gasteiger partial charge in [0.2, 0.25) is 21.8 Å². The molecule has 0 aliphatic carbocycles. The van der Waals surface area contributed by atoms with Crippen LogP contribution in [0.25, 0.3) is 0 Å². The third-order valence-electron chi connectivity index (χ3n) is 4.55. The quantitative estimate of drug-likeness (QED) is 0.500. The average Bonchev–Trinajstić information content (AvgIpc) is 2.77. The number of benzene rings is 3. The van der Waals surface area contributed by atoms with Crippen LogP contribution < -0.4 is 19.7 Å². The van der Waals surface area contributed by atoms with Crippen LogP contribution in [0.15, 0.2) is 78.9 Å². The molecule has 0 saturated carbocycles. The van der Waals surface area contributed by atoms with Crippen LogP contribution in [-0.4, -0.2) is 33.0 Å². The summed E-state index contributed by atoms with van der Waals surface area (Å²) >= 11 is 0. The van der Waals surface area contributed by atoms with E-state index in [9.17, 15) is 18.0 Å². The second-order valence-corrected chi connectivity index (χ2v) is 9.25. The van der Waals surface area contributed by atoms with Crippen LogP contribution in [0.2, 0.25) is 0 Å². The molecule has 0 aliphatic rings. The van der Waals surface area contributed by atoms with Crippen LogP contribution in [0.1, 0.15) is 12.5 Å². The van der Waals surface area contributed by atoms with Crippen molar-refractivity contribution in [2.75, 3.05) is 27.7 Å². The van der Waals surface area contributed by atoms with E-state index in [-0.39, 0.29) is 5.91 Å². The second-order valence-electron chi connectivity index (χ2n) is 7.34. The Labute approximate surface area is 193 Å². The average molecular weight is 468 g/mol. The van der Waals surface area contributed by atoms with E-state index in [4.69, 9.17) is 4.74 Å². The summed E-state index contributed by atoms with van der Waals surface area (Å²) in [6.45, 7) is 1.40. The van der Waals surface area contributed by atoms with E-state index >= 15 is 0 Å². The van der Waals surface area contributed by atoms with Crippen molar-refractivity contribution in [2.45, 2.75) is 13.5 Å². The summed E-state index contributed by atoms with van der Waals surface area (Å²) in [6.07, 6.45) is 1.04. The van der Waals surface area contributed by atoms with Gasteiger partial charge in [-0.05, 0) is 54.1 Å². The molecule has 0 radical (unpaired) electrons. The van der Waals surface area contributed by atoms with E-state index in [1.54, 1.807) is 48.5 Å². The van der Waals surface area contributed by atoms with Crippen molar-refractivity contribution in [2.24, 2.45) is 0 Å². The third-order valence-corrected chi connectivity index (χ3v) is 5.69. The minimum absolute atomic E-state index is 0.202. The SMILES string of the molecule is CC(=O)Nc1ccc(NC(=O)CN(c2ccc(OCc3ccccc3)cc2)S(C)(=O)=O)cc1. The molecule has 3 rings (SSSR count). The van der Waals surface area contributed by atoms with Crippen molar-refractivity contribution in [3.05, 3.63) is 84.4 Å². The van der Waals surface area contributed by atoms with Gasteiger partial charge in [-0.2, -0.15) is 0 Å². The second kappa shape index (κ2) is 10.6. The lowest BCUT2D eigenvalue weighted by molar-refractivity contribution is -0.115. The molecule has 2 amide bonds. The first-order chi connectivity index (χ1) is 15.7.